The molecule has 3 N–H and O–H groups in total. The Morgan fingerprint density at radius 3 is 2.60 bits per heavy atom. The molecule has 1 unspecified atom stereocenters. The highest BCUT2D eigenvalue weighted by Crippen LogP contribution is 2.40. The Morgan fingerprint density at radius 1 is 1.20 bits per heavy atom. The minimum atomic E-state index is -1.02. The van der Waals surface area contributed by atoms with Crippen molar-refractivity contribution in [3.8, 4) is 0 Å². The fraction of sp³-hybridized carbons (Fsp3) is 0.111. The number of carbonyl (C=O) groups excluding carboxylic acids is 1. The predicted molar refractivity (Wildman–Crippen MR) is 99.2 cm³/mol. The summed E-state index contributed by atoms with van der Waals surface area (Å²) in [6.45, 7) is 0. The van der Waals surface area contributed by atoms with Crippen molar-refractivity contribution in [1.82, 2.24) is 0 Å². The number of carbonyl (C=O) groups is 2. The highest BCUT2D eigenvalue weighted by atomic mass is 35.5. The first-order valence-electron chi connectivity index (χ1n) is 7.49. The molecular weight excluding hydrogens is 363 g/mol. The number of halogens is 2. The molecule has 25 heavy (non-hydrogen) atoms. The molecule has 3 rings (SSSR count). The highest BCUT2D eigenvalue weighted by molar-refractivity contribution is 6.36. The van der Waals surface area contributed by atoms with E-state index in [0.29, 0.717) is 32.6 Å². The minimum Gasteiger partial charge on any atom is -0.480 e. The third-order valence-corrected chi connectivity index (χ3v) is 4.29. The molecule has 5 nitrogen and oxygen atoms in total. The fourth-order valence-electron chi connectivity index (χ4n) is 2.71. The van der Waals surface area contributed by atoms with Crippen LogP contribution in [0.25, 0.3) is 5.57 Å². The summed E-state index contributed by atoms with van der Waals surface area (Å²) in [6.07, 6.45) is 1.51. The van der Waals surface area contributed by atoms with Crippen LogP contribution in [0.5, 0.6) is 0 Å². The lowest BCUT2D eigenvalue weighted by Crippen LogP contribution is -2.33. The van der Waals surface area contributed by atoms with Crippen molar-refractivity contribution >= 4 is 52.0 Å². The van der Waals surface area contributed by atoms with Gasteiger partial charge in [-0.15, -0.1) is 0 Å². The van der Waals surface area contributed by atoms with E-state index < -0.39 is 12.0 Å². The van der Waals surface area contributed by atoms with Crippen LogP contribution in [0.1, 0.15) is 12.0 Å². The van der Waals surface area contributed by atoms with Crippen molar-refractivity contribution in [2.75, 3.05) is 10.6 Å². The maximum absolute atomic E-state index is 12.3. The molecule has 1 aliphatic heterocycles. The number of hydrogen-bond acceptors (Lipinski definition) is 3. The predicted octanol–water partition coefficient (Wildman–Crippen LogP) is 4.28. The van der Waals surface area contributed by atoms with Gasteiger partial charge in [0.05, 0.1) is 5.02 Å². The van der Waals surface area contributed by atoms with Crippen molar-refractivity contribution < 1.29 is 14.7 Å². The average Bonchev–Trinajstić information content (AvgIpc) is 2.54. The van der Waals surface area contributed by atoms with Gasteiger partial charge < -0.3 is 15.7 Å². The monoisotopic (exact) mass is 376 g/mol. The van der Waals surface area contributed by atoms with Gasteiger partial charge in [-0.3, -0.25) is 4.79 Å². The molecule has 0 saturated heterocycles. The van der Waals surface area contributed by atoms with Crippen molar-refractivity contribution in [3.05, 3.63) is 64.1 Å². The minimum absolute atomic E-state index is 0.131. The van der Waals surface area contributed by atoms with Crippen LogP contribution in [0.15, 0.2) is 48.5 Å². The SMILES string of the molecule is O=C(/C=C1\CC(C(=O)O)Nc2cc(Cl)cc(Cl)c21)Nc1ccccc1. The summed E-state index contributed by atoms with van der Waals surface area (Å²) in [5.74, 6) is -1.37. The third kappa shape index (κ3) is 3.95. The zero-order valence-electron chi connectivity index (χ0n) is 12.9. The first-order chi connectivity index (χ1) is 11.9. The Balaban J connectivity index is 1.97. The Kier molecular flexibility index (Phi) is 4.97. The van der Waals surface area contributed by atoms with Crippen molar-refractivity contribution in [1.29, 1.82) is 0 Å². The fourth-order valence-corrected chi connectivity index (χ4v) is 3.33. The van der Waals surface area contributed by atoms with Crippen LogP contribution in [0.2, 0.25) is 10.0 Å². The van der Waals surface area contributed by atoms with Crippen molar-refractivity contribution in [2.45, 2.75) is 12.5 Å². The van der Waals surface area contributed by atoms with Crippen LogP contribution < -0.4 is 10.6 Å². The van der Waals surface area contributed by atoms with Crippen molar-refractivity contribution in [2.24, 2.45) is 0 Å². The van der Waals surface area contributed by atoms with E-state index >= 15 is 0 Å². The van der Waals surface area contributed by atoms with E-state index in [0.717, 1.165) is 0 Å². The lowest BCUT2D eigenvalue weighted by molar-refractivity contribution is -0.137. The van der Waals surface area contributed by atoms with Gasteiger partial charge in [-0.1, -0.05) is 41.4 Å². The molecule has 0 radical (unpaired) electrons. The Morgan fingerprint density at radius 2 is 1.92 bits per heavy atom. The summed E-state index contributed by atoms with van der Waals surface area (Å²) in [5.41, 5.74) is 2.27. The number of amides is 1. The van der Waals surface area contributed by atoms with Crippen LogP contribution in [0.3, 0.4) is 0 Å². The Hall–Kier alpha value is -2.50. The van der Waals surface area contributed by atoms with Crippen LogP contribution in [0.4, 0.5) is 11.4 Å². The number of anilines is 2. The number of rotatable bonds is 3. The molecule has 1 atom stereocenters. The normalized spacial score (nSPS) is 17.5. The van der Waals surface area contributed by atoms with Gasteiger partial charge in [0, 0.05) is 34.5 Å². The Labute approximate surface area is 154 Å². The van der Waals surface area contributed by atoms with Crippen LogP contribution in [0, 0.1) is 0 Å². The summed E-state index contributed by atoms with van der Waals surface area (Å²) >= 11 is 12.3. The molecule has 1 heterocycles. The average molecular weight is 377 g/mol. The summed E-state index contributed by atoms with van der Waals surface area (Å²) in [7, 11) is 0. The number of benzene rings is 2. The maximum Gasteiger partial charge on any atom is 0.326 e. The van der Waals surface area contributed by atoms with Gasteiger partial charge in [0.15, 0.2) is 0 Å². The molecule has 1 amide bonds. The van der Waals surface area contributed by atoms with Crippen LogP contribution >= 0.6 is 23.2 Å². The topological polar surface area (TPSA) is 78.4 Å². The molecule has 7 heteroatoms. The van der Waals surface area contributed by atoms with Crippen molar-refractivity contribution in [3.63, 3.8) is 0 Å². The third-order valence-electron chi connectivity index (χ3n) is 3.77. The zero-order chi connectivity index (χ0) is 18.0. The van der Waals surface area contributed by atoms with E-state index in [9.17, 15) is 14.7 Å². The summed E-state index contributed by atoms with van der Waals surface area (Å²) in [4.78, 5) is 23.7. The highest BCUT2D eigenvalue weighted by Gasteiger charge is 2.29. The van der Waals surface area contributed by atoms with Gasteiger partial charge in [0.1, 0.15) is 6.04 Å². The largest absolute Gasteiger partial charge is 0.480 e. The first kappa shape index (κ1) is 17.3. The van der Waals surface area contributed by atoms with E-state index in [1.165, 1.54) is 6.08 Å². The second-order valence-corrected chi connectivity index (χ2v) is 6.42. The summed E-state index contributed by atoms with van der Waals surface area (Å²) in [5, 5.41) is 15.7. The Bertz CT molecular complexity index is 866. The molecule has 0 bridgehead atoms. The molecule has 0 fully saturated rings. The standard InChI is InChI=1S/C18H14Cl2N2O3/c19-11-8-13(20)17-10(6-15(18(24)25)22-14(17)9-11)7-16(23)21-12-4-2-1-3-5-12/h1-5,7-9,15,22H,6H2,(H,21,23)(H,24,25)/b10-7+. The lowest BCUT2D eigenvalue weighted by atomic mass is 9.92. The van der Waals surface area contributed by atoms with Gasteiger partial charge in [-0.2, -0.15) is 0 Å². The molecule has 0 aromatic heterocycles. The number of hydrogen-bond donors (Lipinski definition) is 3. The number of fused-ring (bicyclic) bond motifs is 1. The molecule has 2 aromatic carbocycles. The second-order valence-electron chi connectivity index (χ2n) is 5.57. The van der Waals surface area contributed by atoms with Crippen LogP contribution in [-0.2, 0) is 9.59 Å². The van der Waals surface area contributed by atoms with E-state index in [1.807, 2.05) is 18.2 Å². The molecule has 128 valence electrons. The van der Waals surface area contributed by atoms with E-state index in [-0.39, 0.29) is 12.3 Å². The number of para-hydroxylation sites is 1. The molecule has 2 aromatic rings. The quantitative estimate of drug-likeness (QED) is 0.698. The maximum atomic E-state index is 12.3. The molecule has 0 saturated carbocycles. The van der Waals surface area contributed by atoms with Crippen LogP contribution in [-0.4, -0.2) is 23.0 Å². The van der Waals surface area contributed by atoms with E-state index in [2.05, 4.69) is 10.6 Å². The van der Waals surface area contributed by atoms with E-state index in [4.69, 9.17) is 23.2 Å². The van der Waals surface area contributed by atoms with Gasteiger partial charge >= 0.3 is 5.97 Å². The van der Waals surface area contributed by atoms with Gasteiger partial charge in [-0.05, 0) is 29.8 Å². The lowest BCUT2D eigenvalue weighted by Gasteiger charge is -2.27. The van der Waals surface area contributed by atoms with Gasteiger partial charge in [0.2, 0.25) is 5.91 Å². The summed E-state index contributed by atoms with van der Waals surface area (Å²) in [6, 6.07) is 11.3. The number of aliphatic carboxylic acids is 1. The number of carboxylic acids is 1. The molecule has 0 aliphatic carbocycles. The second kappa shape index (κ2) is 7.17. The number of nitrogens with one attached hydrogen (secondary N) is 2. The smallest absolute Gasteiger partial charge is 0.326 e. The zero-order valence-corrected chi connectivity index (χ0v) is 14.4. The van der Waals surface area contributed by atoms with Gasteiger partial charge in [0.25, 0.3) is 0 Å². The summed E-state index contributed by atoms with van der Waals surface area (Å²) < 4.78 is 0. The molecule has 0 spiro atoms. The van der Waals surface area contributed by atoms with Gasteiger partial charge in [-0.25, -0.2) is 4.79 Å². The molecule has 1 aliphatic rings. The molecular formula is C18H14Cl2N2O3. The number of carboxylic acid groups (broad SMARTS) is 1. The first-order valence-corrected chi connectivity index (χ1v) is 8.25. The van der Waals surface area contributed by atoms with E-state index in [1.54, 1.807) is 24.3 Å².